The summed E-state index contributed by atoms with van der Waals surface area (Å²) in [6.45, 7) is 0. The van der Waals surface area contributed by atoms with Crippen molar-refractivity contribution >= 4 is 33.9 Å². The Labute approximate surface area is 118 Å². The molecule has 1 aromatic heterocycles. The highest BCUT2D eigenvalue weighted by atomic mass is 79.9. The highest BCUT2D eigenvalue weighted by Gasteiger charge is 2.01. The van der Waals surface area contributed by atoms with E-state index in [0.29, 0.717) is 10.2 Å². The van der Waals surface area contributed by atoms with Gasteiger partial charge in [-0.25, -0.2) is 5.10 Å². The molecule has 0 fully saturated rings. The number of halogens is 1. The number of nitrogens with one attached hydrogen (secondary N) is 2. The molecule has 96 valence electrons. The first kappa shape index (κ1) is 13.2. The first-order chi connectivity index (χ1) is 9.27. The van der Waals surface area contributed by atoms with Crippen LogP contribution in [0, 0.1) is 0 Å². The second kappa shape index (κ2) is 6.65. The van der Waals surface area contributed by atoms with Crippen LogP contribution in [0.5, 0.6) is 0 Å². The van der Waals surface area contributed by atoms with E-state index in [1.807, 2.05) is 36.4 Å². The van der Waals surface area contributed by atoms with Gasteiger partial charge in [0.05, 0.1) is 11.9 Å². The third kappa shape index (κ3) is 3.89. The molecule has 0 saturated carbocycles. The molecule has 1 heterocycles. The Morgan fingerprint density at radius 3 is 2.89 bits per heavy atom. The van der Waals surface area contributed by atoms with E-state index in [-0.39, 0.29) is 5.56 Å². The molecule has 0 radical (unpaired) electrons. The Hall–Kier alpha value is -2.21. The Kier molecular flexibility index (Phi) is 4.63. The van der Waals surface area contributed by atoms with Gasteiger partial charge in [0.2, 0.25) is 0 Å². The summed E-state index contributed by atoms with van der Waals surface area (Å²) in [5.74, 6) is 0. The molecule has 2 rings (SSSR count). The second-order valence-electron chi connectivity index (χ2n) is 3.59. The van der Waals surface area contributed by atoms with Gasteiger partial charge in [-0.2, -0.15) is 10.2 Å². The van der Waals surface area contributed by atoms with Gasteiger partial charge in [0.25, 0.3) is 5.56 Å². The number of hydrazone groups is 1. The van der Waals surface area contributed by atoms with Crippen molar-refractivity contribution in [3.8, 4) is 0 Å². The van der Waals surface area contributed by atoms with Crippen LogP contribution in [-0.2, 0) is 0 Å². The van der Waals surface area contributed by atoms with Gasteiger partial charge in [-0.05, 0) is 27.6 Å². The Morgan fingerprint density at radius 2 is 2.11 bits per heavy atom. The lowest BCUT2D eigenvalue weighted by Gasteiger charge is -1.99. The number of nitrogens with zero attached hydrogens (tertiary/aromatic N) is 2. The van der Waals surface area contributed by atoms with Gasteiger partial charge in [-0.3, -0.25) is 10.2 Å². The van der Waals surface area contributed by atoms with E-state index < -0.39 is 0 Å². The summed E-state index contributed by atoms with van der Waals surface area (Å²) in [6, 6.07) is 9.89. The zero-order valence-electron chi connectivity index (χ0n) is 9.88. The summed E-state index contributed by atoms with van der Waals surface area (Å²) >= 11 is 3.15. The predicted octanol–water partition coefficient (Wildman–Crippen LogP) is 2.64. The van der Waals surface area contributed by atoms with Crippen molar-refractivity contribution in [1.82, 2.24) is 10.2 Å². The van der Waals surface area contributed by atoms with Gasteiger partial charge < -0.3 is 0 Å². The van der Waals surface area contributed by atoms with E-state index in [4.69, 9.17) is 0 Å². The van der Waals surface area contributed by atoms with Crippen LogP contribution in [0.1, 0.15) is 5.56 Å². The molecule has 0 unspecified atom stereocenters. The van der Waals surface area contributed by atoms with E-state index in [0.717, 1.165) is 5.56 Å². The molecular weight excluding hydrogens is 308 g/mol. The number of aromatic amines is 1. The van der Waals surface area contributed by atoms with Crippen molar-refractivity contribution in [2.24, 2.45) is 5.10 Å². The molecule has 2 N–H and O–H groups in total. The van der Waals surface area contributed by atoms with Gasteiger partial charge in [-0.15, -0.1) is 0 Å². The molecule has 0 spiro atoms. The second-order valence-corrected chi connectivity index (χ2v) is 4.38. The summed E-state index contributed by atoms with van der Waals surface area (Å²) in [5.41, 5.74) is 4.02. The molecule has 0 bridgehead atoms. The lowest BCUT2D eigenvalue weighted by Crippen LogP contribution is -2.10. The molecule has 19 heavy (non-hydrogen) atoms. The van der Waals surface area contributed by atoms with Gasteiger partial charge in [0.1, 0.15) is 4.47 Å². The topological polar surface area (TPSA) is 70.1 Å². The van der Waals surface area contributed by atoms with Gasteiger partial charge in [0.15, 0.2) is 0 Å². The summed E-state index contributed by atoms with van der Waals surface area (Å²) in [4.78, 5) is 11.2. The minimum absolute atomic E-state index is 0.306. The van der Waals surface area contributed by atoms with E-state index in [9.17, 15) is 4.79 Å². The average Bonchev–Trinajstić information content (AvgIpc) is 2.44. The number of hydrogen-bond donors (Lipinski definition) is 2. The van der Waals surface area contributed by atoms with Crippen molar-refractivity contribution in [2.75, 3.05) is 5.43 Å². The smallest absolute Gasteiger partial charge is 0.276 e. The molecule has 1 aromatic carbocycles. The molecule has 0 saturated heterocycles. The zero-order chi connectivity index (χ0) is 13.5. The third-order valence-corrected chi connectivity index (χ3v) is 3.02. The fourth-order valence-electron chi connectivity index (χ4n) is 1.33. The Balaban J connectivity index is 1.96. The zero-order valence-corrected chi connectivity index (χ0v) is 11.5. The lowest BCUT2D eigenvalue weighted by atomic mass is 10.2. The number of hydrogen-bond acceptors (Lipinski definition) is 4. The number of benzene rings is 1. The van der Waals surface area contributed by atoms with Crippen LogP contribution in [0.2, 0.25) is 0 Å². The molecule has 0 aliphatic heterocycles. The van der Waals surface area contributed by atoms with Crippen LogP contribution in [-0.4, -0.2) is 16.4 Å². The Morgan fingerprint density at radius 1 is 1.32 bits per heavy atom. The molecule has 0 amide bonds. The van der Waals surface area contributed by atoms with E-state index >= 15 is 0 Å². The number of allylic oxidation sites excluding steroid dienone is 1. The lowest BCUT2D eigenvalue weighted by molar-refractivity contribution is 0.977. The maximum absolute atomic E-state index is 11.2. The van der Waals surface area contributed by atoms with Crippen LogP contribution < -0.4 is 11.0 Å². The summed E-state index contributed by atoms with van der Waals surface area (Å²) in [6.07, 6.45) is 6.80. The van der Waals surface area contributed by atoms with Crippen molar-refractivity contribution in [3.63, 3.8) is 0 Å². The molecule has 0 aliphatic carbocycles. The number of H-pyrrole nitrogens is 1. The summed E-state index contributed by atoms with van der Waals surface area (Å²) < 4.78 is 0.367. The highest BCUT2D eigenvalue weighted by Crippen LogP contribution is 2.14. The number of anilines is 1. The molecule has 6 heteroatoms. The summed E-state index contributed by atoms with van der Waals surface area (Å²) in [7, 11) is 0. The molecular formula is C13H11BrN4O. The van der Waals surface area contributed by atoms with Crippen LogP contribution in [0.4, 0.5) is 5.69 Å². The molecule has 2 aromatic rings. The monoisotopic (exact) mass is 318 g/mol. The fraction of sp³-hybridized carbons (Fsp3) is 0. The Bertz CT molecular complexity index is 649. The fourth-order valence-corrected chi connectivity index (χ4v) is 1.61. The standard InChI is InChI=1S/C13H11BrN4O/c14-12-11(9-16-18-13(12)19)17-15-8-4-7-10-5-2-1-3-6-10/h1-9H,(H2,17,18,19)/b7-4+,15-8+. The van der Waals surface area contributed by atoms with Crippen molar-refractivity contribution < 1.29 is 0 Å². The largest absolute Gasteiger partial charge is 0.280 e. The van der Waals surface area contributed by atoms with Crippen LogP contribution >= 0.6 is 15.9 Å². The maximum Gasteiger partial charge on any atom is 0.280 e. The normalized spacial score (nSPS) is 11.2. The van der Waals surface area contributed by atoms with Gasteiger partial charge in [-0.1, -0.05) is 36.4 Å². The van der Waals surface area contributed by atoms with Gasteiger partial charge in [0, 0.05) is 6.21 Å². The summed E-state index contributed by atoms with van der Waals surface area (Å²) in [5, 5.41) is 9.95. The van der Waals surface area contributed by atoms with E-state index in [1.165, 1.54) is 6.20 Å². The molecule has 5 nitrogen and oxygen atoms in total. The molecule has 0 aliphatic rings. The maximum atomic E-state index is 11.2. The predicted molar refractivity (Wildman–Crippen MR) is 80.1 cm³/mol. The number of rotatable bonds is 4. The van der Waals surface area contributed by atoms with Gasteiger partial charge >= 0.3 is 0 Å². The van der Waals surface area contributed by atoms with Crippen LogP contribution in [0.15, 0.2) is 57.0 Å². The minimum atomic E-state index is -0.306. The number of aromatic nitrogens is 2. The minimum Gasteiger partial charge on any atom is -0.276 e. The molecule has 0 atom stereocenters. The van der Waals surface area contributed by atoms with Crippen LogP contribution in [0.3, 0.4) is 0 Å². The average molecular weight is 319 g/mol. The quantitative estimate of drug-likeness (QED) is 0.672. The van der Waals surface area contributed by atoms with E-state index in [1.54, 1.807) is 12.3 Å². The highest BCUT2D eigenvalue weighted by molar-refractivity contribution is 9.10. The first-order valence-corrected chi connectivity index (χ1v) is 6.30. The van der Waals surface area contributed by atoms with E-state index in [2.05, 4.69) is 36.7 Å². The SMILES string of the molecule is O=c1[nH]ncc(N/N=C/C=C/c2ccccc2)c1Br. The first-order valence-electron chi connectivity index (χ1n) is 5.51. The van der Waals surface area contributed by atoms with Crippen molar-refractivity contribution in [3.05, 3.63) is 63.0 Å². The third-order valence-electron chi connectivity index (χ3n) is 2.23. The van der Waals surface area contributed by atoms with Crippen molar-refractivity contribution in [2.45, 2.75) is 0 Å². The van der Waals surface area contributed by atoms with Crippen molar-refractivity contribution in [1.29, 1.82) is 0 Å². The van der Waals surface area contributed by atoms with Crippen LogP contribution in [0.25, 0.3) is 6.08 Å².